The van der Waals surface area contributed by atoms with Crippen LogP contribution in [0.2, 0.25) is 5.02 Å². The molecule has 0 bridgehead atoms. The van der Waals surface area contributed by atoms with E-state index in [1.165, 1.54) is 11.1 Å². The molecule has 1 heterocycles. The number of pyridine rings is 1. The standard InChI is InChI=1S/C18H14ClN/c19-17-8-4-7-16(13-17)18-12-15(9-10-20-18)11-14-5-2-1-3-6-14/h1-10,12-13H,11H2. The Kier molecular flexibility index (Phi) is 3.80. The molecule has 2 aromatic carbocycles. The van der Waals surface area contributed by atoms with Gasteiger partial charge in [-0.2, -0.15) is 0 Å². The monoisotopic (exact) mass is 279 g/mol. The molecular weight excluding hydrogens is 266 g/mol. The fraction of sp³-hybridized carbons (Fsp3) is 0.0556. The highest BCUT2D eigenvalue weighted by Gasteiger charge is 2.02. The molecule has 0 saturated carbocycles. The van der Waals surface area contributed by atoms with E-state index in [4.69, 9.17) is 11.6 Å². The lowest BCUT2D eigenvalue weighted by atomic mass is 10.0. The first-order valence-corrected chi connectivity index (χ1v) is 6.94. The number of halogens is 1. The summed E-state index contributed by atoms with van der Waals surface area (Å²) in [6.07, 6.45) is 2.77. The van der Waals surface area contributed by atoms with E-state index in [2.05, 4.69) is 41.4 Å². The van der Waals surface area contributed by atoms with Gasteiger partial charge in [-0.15, -0.1) is 0 Å². The van der Waals surface area contributed by atoms with Gasteiger partial charge in [0.25, 0.3) is 0 Å². The number of hydrogen-bond acceptors (Lipinski definition) is 1. The van der Waals surface area contributed by atoms with E-state index < -0.39 is 0 Å². The Bertz CT molecular complexity index is 707. The fourth-order valence-electron chi connectivity index (χ4n) is 2.22. The third-order valence-corrected chi connectivity index (χ3v) is 3.43. The van der Waals surface area contributed by atoms with Gasteiger partial charge in [0.05, 0.1) is 5.69 Å². The molecule has 3 rings (SSSR count). The minimum absolute atomic E-state index is 0.734. The molecule has 0 N–H and O–H groups in total. The van der Waals surface area contributed by atoms with Gasteiger partial charge in [-0.3, -0.25) is 4.98 Å². The molecule has 0 aliphatic heterocycles. The van der Waals surface area contributed by atoms with Crippen molar-refractivity contribution in [3.05, 3.63) is 89.1 Å². The zero-order valence-electron chi connectivity index (χ0n) is 11.0. The van der Waals surface area contributed by atoms with Crippen LogP contribution in [-0.2, 0) is 6.42 Å². The molecule has 2 heteroatoms. The van der Waals surface area contributed by atoms with Crippen LogP contribution in [0.15, 0.2) is 72.9 Å². The van der Waals surface area contributed by atoms with Crippen molar-refractivity contribution in [2.75, 3.05) is 0 Å². The third-order valence-electron chi connectivity index (χ3n) is 3.20. The second-order valence-electron chi connectivity index (χ2n) is 4.72. The number of rotatable bonds is 3. The van der Waals surface area contributed by atoms with E-state index in [0.29, 0.717) is 0 Å². The fourth-order valence-corrected chi connectivity index (χ4v) is 2.41. The minimum Gasteiger partial charge on any atom is -0.256 e. The zero-order chi connectivity index (χ0) is 13.8. The van der Waals surface area contributed by atoms with Gasteiger partial charge in [-0.1, -0.05) is 54.1 Å². The van der Waals surface area contributed by atoms with Crippen molar-refractivity contribution in [2.45, 2.75) is 6.42 Å². The van der Waals surface area contributed by atoms with Crippen LogP contribution in [0.5, 0.6) is 0 Å². The lowest BCUT2D eigenvalue weighted by molar-refractivity contribution is 1.16. The van der Waals surface area contributed by atoms with E-state index in [9.17, 15) is 0 Å². The summed E-state index contributed by atoms with van der Waals surface area (Å²) in [7, 11) is 0. The maximum absolute atomic E-state index is 6.04. The van der Waals surface area contributed by atoms with Crippen LogP contribution in [0, 0.1) is 0 Å². The third kappa shape index (κ3) is 3.06. The Morgan fingerprint density at radius 2 is 1.65 bits per heavy atom. The number of benzene rings is 2. The van der Waals surface area contributed by atoms with Crippen molar-refractivity contribution in [1.82, 2.24) is 4.98 Å². The maximum atomic E-state index is 6.04. The first kappa shape index (κ1) is 12.9. The highest BCUT2D eigenvalue weighted by Crippen LogP contribution is 2.22. The van der Waals surface area contributed by atoms with Gasteiger partial charge in [0, 0.05) is 16.8 Å². The highest BCUT2D eigenvalue weighted by atomic mass is 35.5. The van der Waals surface area contributed by atoms with Gasteiger partial charge >= 0.3 is 0 Å². The normalized spacial score (nSPS) is 10.4. The summed E-state index contributed by atoms with van der Waals surface area (Å²) in [5, 5.41) is 0.734. The van der Waals surface area contributed by atoms with Crippen molar-refractivity contribution in [3.8, 4) is 11.3 Å². The van der Waals surface area contributed by atoms with Crippen LogP contribution >= 0.6 is 11.6 Å². The molecule has 20 heavy (non-hydrogen) atoms. The van der Waals surface area contributed by atoms with Gasteiger partial charge in [-0.05, 0) is 41.8 Å². The second-order valence-corrected chi connectivity index (χ2v) is 5.16. The zero-order valence-corrected chi connectivity index (χ0v) is 11.7. The Balaban J connectivity index is 1.90. The van der Waals surface area contributed by atoms with Crippen molar-refractivity contribution in [1.29, 1.82) is 0 Å². The molecule has 1 aromatic heterocycles. The molecule has 0 radical (unpaired) electrons. The lowest BCUT2D eigenvalue weighted by Crippen LogP contribution is -1.90. The topological polar surface area (TPSA) is 12.9 Å². The summed E-state index contributed by atoms with van der Waals surface area (Å²) in [6.45, 7) is 0. The maximum Gasteiger partial charge on any atom is 0.0705 e. The molecule has 0 amide bonds. The average molecular weight is 280 g/mol. The Labute approximate surface area is 123 Å². The van der Waals surface area contributed by atoms with Gasteiger partial charge in [0.2, 0.25) is 0 Å². The quantitative estimate of drug-likeness (QED) is 0.658. The van der Waals surface area contributed by atoms with Gasteiger partial charge in [0.1, 0.15) is 0 Å². The van der Waals surface area contributed by atoms with E-state index in [1.54, 1.807) is 0 Å². The minimum atomic E-state index is 0.734. The lowest BCUT2D eigenvalue weighted by Gasteiger charge is -2.05. The average Bonchev–Trinajstić information content (AvgIpc) is 2.49. The molecule has 0 unspecified atom stereocenters. The summed E-state index contributed by atoms with van der Waals surface area (Å²) in [5.41, 5.74) is 4.56. The summed E-state index contributed by atoms with van der Waals surface area (Å²) >= 11 is 6.04. The summed E-state index contributed by atoms with van der Waals surface area (Å²) in [4.78, 5) is 4.43. The van der Waals surface area contributed by atoms with Gasteiger partial charge in [-0.25, -0.2) is 0 Å². The van der Waals surface area contributed by atoms with E-state index >= 15 is 0 Å². The van der Waals surface area contributed by atoms with E-state index in [-0.39, 0.29) is 0 Å². The highest BCUT2D eigenvalue weighted by molar-refractivity contribution is 6.30. The molecule has 3 aromatic rings. The van der Waals surface area contributed by atoms with Crippen molar-refractivity contribution < 1.29 is 0 Å². The number of nitrogens with zero attached hydrogens (tertiary/aromatic N) is 1. The number of aromatic nitrogens is 1. The largest absolute Gasteiger partial charge is 0.256 e. The molecule has 0 spiro atoms. The predicted molar refractivity (Wildman–Crippen MR) is 83.9 cm³/mol. The second kappa shape index (κ2) is 5.89. The van der Waals surface area contributed by atoms with Crippen molar-refractivity contribution >= 4 is 11.6 Å². The van der Waals surface area contributed by atoms with Crippen LogP contribution in [0.25, 0.3) is 11.3 Å². The first-order valence-electron chi connectivity index (χ1n) is 6.56. The first-order chi connectivity index (χ1) is 9.81. The van der Waals surface area contributed by atoms with Crippen LogP contribution in [-0.4, -0.2) is 4.98 Å². The van der Waals surface area contributed by atoms with Gasteiger partial charge < -0.3 is 0 Å². The number of hydrogen-bond donors (Lipinski definition) is 0. The molecule has 1 nitrogen and oxygen atoms in total. The Morgan fingerprint density at radius 1 is 0.800 bits per heavy atom. The molecular formula is C18H14ClN. The molecule has 0 atom stereocenters. The Hall–Kier alpha value is -2.12. The summed E-state index contributed by atoms with van der Waals surface area (Å²) in [5.74, 6) is 0. The predicted octanol–water partition coefficient (Wildman–Crippen LogP) is 4.99. The SMILES string of the molecule is Clc1cccc(-c2cc(Cc3ccccc3)ccn2)c1. The van der Waals surface area contributed by atoms with Crippen LogP contribution in [0.3, 0.4) is 0 Å². The molecule has 0 saturated heterocycles. The molecule has 98 valence electrons. The smallest absolute Gasteiger partial charge is 0.0705 e. The molecule has 0 aliphatic carbocycles. The summed E-state index contributed by atoms with van der Waals surface area (Å²) < 4.78 is 0. The van der Waals surface area contributed by atoms with Crippen LogP contribution in [0.4, 0.5) is 0 Å². The Morgan fingerprint density at radius 3 is 2.45 bits per heavy atom. The molecule has 0 fully saturated rings. The van der Waals surface area contributed by atoms with E-state index in [0.717, 1.165) is 22.7 Å². The van der Waals surface area contributed by atoms with Crippen LogP contribution < -0.4 is 0 Å². The van der Waals surface area contributed by atoms with Crippen molar-refractivity contribution in [2.24, 2.45) is 0 Å². The van der Waals surface area contributed by atoms with Crippen LogP contribution in [0.1, 0.15) is 11.1 Å². The molecule has 0 aliphatic rings. The van der Waals surface area contributed by atoms with Crippen molar-refractivity contribution in [3.63, 3.8) is 0 Å². The van der Waals surface area contributed by atoms with E-state index in [1.807, 2.05) is 36.5 Å². The summed E-state index contributed by atoms with van der Waals surface area (Å²) in [6, 6.07) is 22.4. The van der Waals surface area contributed by atoms with Gasteiger partial charge in [0.15, 0.2) is 0 Å².